The number of pyridine rings is 1. The van der Waals surface area contributed by atoms with Crippen molar-refractivity contribution in [3.05, 3.63) is 51.0 Å². The maximum atomic E-state index is 12.1. The van der Waals surface area contributed by atoms with Gasteiger partial charge in [-0.3, -0.25) is 9.78 Å². The third kappa shape index (κ3) is 3.91. The summed E-state index contributed by atoms with van der Waals surface area (Å²) in [7, 11) is 0. The van der Waals surface area contributed by atoms with E-state index in [-0.39, 0.29) is 12.5 Å². The van der Waals surface area contributed by atoms with Crippen LogP contribution >= 0.6 is 11.3 Å². The molecule has 2 aromatic heterocycles. The highest BCUT2D eigenvalue weighted by atomic mass is 32.1. The van der Waals surface area contributed by atoms with Gasteiger partial charge in [-0.05, 0) is 42.7 Å². The Balaban J connectivity index is 2.06. The fourth-order valence-corrected chi connectivity index (χ4v) is 2.75. The highest BCUT2D eigenvalue weighted by molar-refractivity contribution is 7.14. The normalized spacial score (nSPS) is 9.86. The quantitative estimate of drug-likeness (QED) is 0.853. The maximum Gasteiger partial charge on any atom is 0.261 e. The van der Waals surface area contributed by atoms with E-state index in [1.165, 1.54) is 11.3 Å². The van der Waals surface area contributed by atoms with Crippen LogP contribution in [0.15, 0.2) is 24.5 Å². The van der Waals surface area contributed by atoms with Crippen LogP contribution in [0.1, 0.15) is 31.2 Å². The molecule has 0 radical (unpaired) electrons. The van der Waals surface area contributed by atoms with E-state index in [9.17, 15) is 4.79 Å². The SMILES string of the molecule is Cc1ccncc1CNC(=O)c1cc(C)c(C#CCO)s1. The van der Waals surface area contributed by atoms with Crippen molar-refractivity contribution in [3.8, 4) is 11.8 Å². The second-order valence-electron chi connectivity index (χ2n) is 4.57. The van der Waals surface area contributed by atoms with Crippen molar-refractivity contribution in [2.75, 3.05) is 6.61 Å². The Kier molecular flexibility index (Phi) is 5.09. The second-order valence-corrected chi connectivity index (χ2v) is 5.62. The average molecular weight is 300 g/mol. The van der Waals surface area contributed by atoms with Gasteiger partial charge in [0.1, 0.15) is 6.61 Å². The predicted octanol–water partition coefficient (Wildman–Crippen LogP) is 2.03. The van der Waals surface area contributed by atoms with E-state index in [0.717, 1.165) is 21.6 Å². The van der Waals surface area contributed by atoms with Crippen molar-refractivity contribution < 1.29 is 9.90 Å². The van der Waals surface area contributed by atoms with Gasteiger partial charge < -0.3 is 10.4 Å². The number of aliphatic hydroxyl groups is 1. The minimum absolute atomic E-state index is 0.122. The molecule has 0 aliphatic rings. The van der Waals surface area contributed by atoms with Gasteiger partial charge in [0, 0.05) is 18.9 Å². The topological polar surface area (TPSA) is 62.2 Å². The molecule has 4 nitrogen and oxygen atoms in total. The zero-order chi connectivity index (χ0) is 15.2. The van der Waals surface area contributed by atoms with Crippen LogP contribution in [0.5, 0.6) is 0 Å². The first-order valence-electron chi connectivity index (χ1n) is 6.49. The van der Waals surface area contributed by atoms with Gasteiger partial charge in [-0.25, -0.2) is 0 Å². The molecule has 5 heteroatoms. The number of nitrogens with zero attached hydrogens (tertiary/aromatic N) is 1. The Morgan fingerprint density at radius 2 is 2.24 bits per heavy atom. The Morgan fingerprint density at radius 1 is 1.43 bits per heavy atom. The summed E-state index contributed by atoms with van der Waals surface area (Å²) >= 11 is 1.33. The monoisotopic (exact) mass is 300 g/mol. The summed E-state index contributed by atoms with van der Waals surface area (Å²) in [6.45, 7) is 4.16. The molecule has 2 rings (SSSR count). The zero-order valence-corrected chi connectivity index (χ0v) is 12.8. The third-order valence-corrected chi connectivity index (χ3v) is 4.16. The summed E-state index contributed by atoms with van der Waals surface area (Å²) in [5, 5.41) is 11.6. The zero-order valence-electron chi connectivity index (χ0n) is 11.9. The van der Waals surface area contributed by atoms with E-state index < -0.39 is 0 Å². The molecule has 1 amide bonds. The lowest BCUT2D eigenvalue weighted by Gasteiger charge is -2.05. The van der Waals surface area contributed by atoms with Gasteiger partial charge in [0.15, 0.2) is 0 Å². The number of amides is 1. The molecule has 2 N–H and O–H groups in total. The fourth-order valence-electron chi connectivity index (χ4n) is 1.78. The van der Waals surface area contributed by atoms with E-state index >= 15 is 0 Å². The first kappa shape index (κ1) is 15.2. The predicted molar refractivity (Wildman–Crippen MR) is 83.2 cm³/mol. The number of thiophene rings is 1. The molecule has 0 atom stereocenters. The van der Waals surface area contributed by atoms with E-state index in [4.69, 9.17) is 5.11 Å². The number of carbonyl (C=O) groups excluding carboxylic acids is 1. The summed E-state index contributed by atoms with van der Waals surface area (Å²) in [6, 6.07) is 3.73. The van der Waals surface area contributed by atoms with E-state index in [1.54, 1.807) is 12.4 Å². The van der Waals surface area contributed by atoms with Crippen LogP contribution in [-0.4, -0.2) is 22.6 Å². The van der Waals surface area contributed by atoms with Crippen LogP contribution in [0.4, 0.5) is 0 Å². The summed E-state index contributed by atoms with van der Waals surface area (Å²) in [5.74, 6) is 5.33. The molecular formula is C16H16N2O2S. The molecule has 0 fully saturated rings. The van der Waals surface area contributed by atoms with Crippen molar-refractivity contribution in [2.45, 2.75) is 20.4 Å². The third-order valence-electron chi connectivity index (χ3n) is 3.01. The lowest BCUT2D eigenvalue weighted by molar-refractivity contribution is 0.0955. The minimum atomic E-state index is -0.181. The van der Waals surface area contributed by atoms with Crippen LogP contribution in [-0.2, 0) is 6.54 Å². The molecule has 0 aromatic carbocycles. The molecule has 0 bridgehead atoms. The molecular weight excluding hydrogens is 284 g/mol. The largest absolute Gasteiger partial charge is 0.384 e. The van der Waals surface area contributed by atoms with E-state index in [1.807, 2.05) is 26.0 Å². The van der Waals surface area contributed by atoms with Gasteiger partial charge in [-0.15, -0.1) is 11.3 Å². The van der Waals surface area contributed by atoms with Gasteiger partial charge in [-0.1, -0.05) is 11.8 Å². The Labute approximate surface area is 127 Å². The number of aryl methyl sites for hydroxylation is 2. The summed E-state index contributed by atoms with van der Waals surface area (Å²) in [5.41, 5.74) is 3.05. The summed E-state index contributed by atoms with van der Waals surface area (Å²) in [4.78, 5) is 17.6. The number of aromatic nitrogens is 1. The number of hydrogen-bond donors (Lipinski definition) is 2. The molecule has 0 saturated carbocycles. The van der Waals surface area contributed by atoms with Crippen molar-refractivity contribution in [3.63, 3.8) is 0 Å². The first-order chi connectivity index (χ1) is 10.1. The molecule has 2 aromatic rings. The maximum absolute atomic E-state index is 12.1. The molecule has 2 heterocycles. The lowest BCUT2D eigenvalue weighted by atomic mass is 10.1. The average Bonchev–Trinajstić information content (AvgIpc) is 2.85. The lowest BCUT2D eigenvalue weighted by Crippen LogP contribution is -2.22. The molecule has 0 spiro atoms. The molecule has 0 saturated heterocycles. The number of hydrogen-bond acceptors (Lipinski definition) is 4. The fraction of sp³-hybridized carbons (Fsp3) is 0.250. The number of rotatable bonds is 3. The standard InChI is InChI=1S/C16H16N2O2S/c1-11-5-6-17-9-13(11)10-18-16(20)15-8-12(2)14(21-15)4-3-7-19/h5-6,8-9,19H,7,10H2,1-2H3,(H,18,20). The van der Waals surface area contributed by atoms with Gasteiger partial charge in [0.25, 0.3) is 5.91 Å². The summed E-state index contributed by atoms with van der Waals surface area (Å²) in [6.07, 6.45) is 3.49. The van der Waals surface area contributed by atoms with E-state index in [0.29, 0.717) is 11.4 Å². The van der Waals surface area contributed by atoms with Gasteiger partial charge in [-0.2, -0.15) is 0 Å². The van der Waals surface area contributed by atoms with Crippen LogP contribution in [0.25, 0.3) is 0 Å². The molecule has 108 valence electrons. The van der Waals surface area contributed by atoms with Crippen molar-refractivity contribution in [1.29, 1.82) is 0 Å². The van der Waals surface area contributed by atoms with Crippen LogP contribution in [0, 0.1) is 25.7 Å². The van der Waals surface area contributed by atoms with Crippen LogP contribution in [0.3, 0.4) is 0 Å². The van der Waals surface area contributed by atoms with Crippen LogP contribution < -0.4 is 5.32 Å². The Morgan fingerprint density at radius 3 is 2.95 bits per heavy atom. The van der Waals surface area contributed by atoms with Gasteiger partial charge >= 0.3 is 0 Å². The van der Waals surface area contributed by atoms with Gasteiger partial charge in [0.2, 0.25) is 0 Å². The number of aliphatic hydroxyl groups excluding tert-OH is 1. The van der Waals surface area contributed by atoms with Crippen molar-refractivity contribution in [1.82, 2.24) is 10.3 Å². The van der Waals surface area contributed by atoms with Gasteiger partial charge in [0.05, 0.1) is 9.75 Å². The number of carbonyl (C=O) groups is 1. The first-order valence-corrected chi connectivity index (χ1v) is 7.31. The van der Waals surface area contributed by atoms with Crippen molar-refractivity contribution >= 4 is 17.2 Å². The highest BCUT2D eigenvalue weighted by Crippen LogP contribution is 2.21. The minimum Gasteiger partial charge on any atom is -0.384 e. The van der Waals surface area contributed by atoms with Crippen molar-refractivity contribution in [2.24, 2.45) is 0 Å². The second kappa shape index (κ2) is 7.02. The molecule has 0 unspecified atom stereocenters. The Hall–Kier alpha value is -2.16. The summed E-state index contributed by atoms with van der Waals surface area (Å²) < 4.78 is 0. The molecule has 0 aliphatic carbocycles. The number of nitrogens with one attached hydrogen (secondary N) is 1. The Bertz CT molecular complexity index is 711. The smallest absolute Gasteiger partial charge is 0.261 e. The van der Waals surface area contributed by atoms with Crippen LogP contribution in [0.2, 0.25) is 0 Å². The van der Waals surface area contributed by atoms with E-state index in [2.05, 4.69) is 22.1 Å². The highest BCUT2D eigenvalue weighted by Gasteiger charge is 2.11. The molecule has 0 aliphatic heterocycles. The molecule has 21 heavy (non-hydrogen) atoms.